The predicted molar refractivity (Wildman–Crippen MR) is 320 cm³/mol. The van der Waals surface area contributed by atoms with E-state index in [-0.39, 0.29) is 57.8 Å². The first-order valence-corrected chi connectivity index (χ1v) is 37.8. The number of aliphatic hydroxyl groups is 2. The fraction of sp³-hybridized carbons (Fsp3) is 0.433. The molecule has 11 rings (SSSR count). The average Bonchev–Trinajstić information content (AvgIpc) is 3.57. The standard InChI is InChI=1S/C24H20F3NO2.C24H20F2NO2.C7H14ClFN2.3C4H9.Sn/c25-17-5-1-15(2-6-17)22(29)14-13-21-23(16-3-7-18(26)8-4-16)28(24(21)30)20-11-9-19(27)10-12-20;25-18-8-6-16(7-9-18)22(28)15-14-21-23(17-4-2-1-3-5-17)27(24(21)29)20-12-10-19(26)11-13-20;8-7-10-1-4-11(9,5-2-10)6-3-10;3*1-3-4-2;/h1-12,21-23,29H,13-14H2;2-13,21-23,28H,14-15H2;1-7H2;3*1,3-4H2,2H3;/q;;+2;;;;/t2*21-,22+,23-;;;;;/m11...../s1. The third kappa shape index (κ3) is 15.6. The first-order chi connectivity index (χ1) is 39.9. The summed E-state index contributed by atoms with van der Waals surface area (Å²) in [5, 5.41) is 21.2. The maximum absolute atomic E-state index is 13.7. The first kappa shape index (κ1) is 63.8. The van der Waals surface area contributed by atoms with Gasteiger partial charge < -0.3 is 10.0 Å². The summed E-state index contributed by atoms with van der Waals surface area (Å²) < 4.78 is 87.0. The number of unbranched alkanes of at least 4 members (excludes halogenated alkanes) is 3. The van der Waals surface area contributed by atoms with Crippen LogP contribution in [0.1, 0.15) is 132 Å². The third-order valence-electron chi connectivity index (χ3n) is 17.9. The van der Waals surface area contributed by atoms with Crippen LogP contribution >= 0.6 is 11.6 Å². The van der Waals surface area contributed by atoms with Crippen molar-refractivity contribution in [3.8, 4) is 0 Å². The molecule has 2 amide bonds. The SMILES string of the molecule is CCC[CH2][Sn]([CH2]CCC)([CH2]CCC)[c]1ccc([C@@H]2[C@@H](CC[C@H](O)c3ccc(F)cc3)C(=O)N2c2ccc(F)cc2)cc1.F[N+]12CC[N+](CCl)(CC1)CC2.O=C1[C@H](CC[C@H](O)c2ccc(F)cc2)[C@@H](c2ccc(F)cc2)N1c1ccc(F)cc1. The topological polar surface area (TPSA) is 81.1 Å². The van der Waals surface area contributed by atoms with Crippen LogP contribution in [0.15, 0.2) is 146 Å². The molecule has 5 heterocycles. The van der Waals surface area contributed by atoms with Crippen LogP contribution in [0.4, 0.5) is 37.8 Å². The van der Waals surface area contributed by atoms with E-state index in [0.717, 1.165) is 35.2 Å². The van der Waals surface area contributed by atoms with E-state index in [1.807, 2.05) is 0 Å². The van der Waals surface area contributed by atoms with E-state index in [1.165, 1.54) is 137 Å². The van der Waals surface area contributed by atoms with Crippen LogP contribution in [-0.4, -0.2) is 94.9 Å². The van der Waals surface area contributed by atoms with E-state index in [2.05, 4.69) is 45.0 Å². The Bertz CT molecular complexity index is 2970. The average molecular weight is 1270 g/mol. The van der Waals surface area contributed by atoms with Crippen LogP contribution in [0.25, 0.3) is 0 Å². The van der Waals surface area contributed by atoms with Gasteiger partial charge in [0, 0.05) is 5.69 Å². The molecule has 0 saturated carbocycles. The first-order valence-electron chi connectivity index (χ1n) is 29.8. The van der Waals surface area contributed by atoms with E-state index in [0.29, 0.717) is 73.8 Å². The molecule has 2 bridgehead atoms. The minimum Gasteiger partial charge on any atom is -0.388 e. The number of quaternary nitrogens is 2. The molecule has 0 aromatic heterocycles. The van der Waals surface area contributed by atoms with E-state index < -0.39 is 42.3 Å². The number of fused-ring (bicyclic) bond motifs is 3. The Balaban J connectivity index is 0.000000189. The molecule has 6 atom stereocenters. The molecule has 5 fully saturated rings. The molecular formula is C67H81ClF6N4O4Sn+2. The number of piperazine rings is 3. The number of halogens is 7. The molecule has 0 aliphatic carbocycles. The van der Waals surface area contributed by atoms with E-state index in [1.54, 1.807) is 49.8 Å². The van der Waals surface area contributed by atoms with Gasteiger partial charge in [0.2, 0.25) is 5.91 Å². The summed E-state index contributed by atoms with van der Waals surface area (Å²) in [7, 11) is 0. The van der Waals surface area contributed by atoms with E-state index in [4.69, 9.17) is 11.6 Å². The zero-order valence-electron chi connectivity index (χ0n) is 48.1. The number of hydrogen-bond donors (Lipinski definition) is 2. The second-order valence-electron chi connectivity index (χ2n) is 23.4. The molecule has 6 aromatic carbocycles. The molecule has 444 valence electrons. The quantitative estimate of drug-likeness (QED) is 0.0127. The molecular weight excluding hydrogens is 1190 g/mol. The van der Waals surface area contributed by atoms with Crippen molar-refractivity contribution in [1.29, 1.82) is 0 Å². The van der Waals surface area contributed by atoms with Gasteiger partial charge in [0.05, 0.1) is 18.1 Å². The molecule has 16 heteroatoms. The van der Waals surface area contributed by atoms with E-state index in [9.17, 15) is 46.2 Å². The van der Waals surface area contributed by atoms with Gasteiger partial charge in [-0.1, -0.05) is 35.9 Å². The Morgan fingerprint density at radius 2 is 0.807 bits per heavy atom. The minimum absolute atomic E-state index is 0.00986. The number of anilines is 2. The van der Waals surface area contributed by atoms with Gasteiger partial charge in [-0.25, -0.2) is 17.6 Å². The van der Waals surface area contributed by atoms with Gasteiger partial charge in [0.25, 0.3) is 0 Å². The Hall–Kier alpha value is -5.23. The number of hydrogen-bond acceptors (Lipinski definition) is 4. The number of benzene rings is 6. The Morgan fingerprint density at radius 1 is 0.494 bits per heavy atom. The number of alkyl halides is 1. The van der Waals surface area contributed by atoms with Crippen LogP contribution in [0.2, 0.25) is 13.3 Å². The summed E-state index contributed by atoms with van der Waals surface area (Å²) in [6.07, 6.45) is 7.64. The summed E-state index contributed by atoms with van der Waals surface area (Å²) in [5.41, 5.74) is 4.33. The molecule has 5 aliphatic heterocycles. The molecule has 6 aromatic rings. The number of rotatable bonds is 23. The van der Waals surface area contributed by atoms with E-state index >= 15 is 0 Å². The molecule has 0 radical (unpaired) electrons. The fourth-order valence-electron chi connectivity index (χ4n) is 12.7. The molecule has 83 heavy (non-hydrogen) atoms. The number of β-lactam (4-membered cyclic amide) rings is 2. The monoisotopic (exact) mass is 1270 g/mol. The van der Waals surface area contributed by atoms with Gasteiger partial charge in [-0.3, -0.25) is 9.28 Å². The number of amides is 2. The maximum atomic E-state index is 13.7. The van der Waals surface area contributed by atoms with Gasteiger partial charge in [0.15, 0.2) is 25.6 Å². The van der Waals surface area contributed by atoms with Crippen molar-refractivity contribution in [2.75, 3.05) is 55.1 Å². The normalized spacial score (nSPS) is 22.6. The summed E-state index contributed by atoms with van der Waals surface area (Å²) in [6, 6.07) is 38.6. The molecule has 5 saturated heterocycles. The Morgan fingerprint density at radius 3 is 1.13 bits per heavy atom. The zero-order chi connectivity index (χ0) is 59.3. The van der Waals surface area contributed by atoms with Crippen molar-refractivity contribution in [3.05, 3.63) is 197 Å². The van der Waals surface area contributed by atoms with Crippen molar-refractivity contribution >= 4 is 56.7 Å². The van der Waals surface area contributed by atoms with Gasteiger partial charge in [-0.05, 0) is 77.0 Å². The summed E-state index contributed by atoms with van der Waals surface area (Å²) >= 11 is 3.26. The third-order valence-corrected chi connectivity index (χ3v) is 34.1. The smallest absolute Gasteiger partial charge is 0.233 e. The Kier molecular flexibility index (Phi) is 22.5. The number of nitrogens with zero attached hydrogens (tertiary/aromatic N) is 4. The van der Waals surface area contributed by atoms with Gasteiger partial charge >= 0.3 is 246 Å². The minimum atomic E-state index is -2.59. The maximum Gasteiger partial charge on any atom is 0.233 e. The van der Waals surface area contributed by atoms with Gasteiger partial charge in [-0.15, -0.1) is 4.71 Å². The number of carbonyl (C=O) groups is 2. The fourth-order valence-corrected chi connectivity index (χ4v) is 28.9. The van der Waals surface area contributed by atoms with Gasteiger partial charge in [-0.2, -0.15) is 0 Å². The number of carbonyl (C=O) groups excluding carboxylic acids is 2. The second-order valence-corrected chi connectivity index (χ2v) is 36.8. The molecule has 0 unspecified atom stereocenters. The van der Waals surface area contributed by atoms with Crippen molar-refractivity contribution in [1.82, 2.24) is 0 Å². The molecule has 0 spiro atoms. The van der Waals surface area contributed by atoms with Crippen molar-refractivity contribution in [2.45, 2.75) is 123 Å². The number of aliphatic hydroxyl groups excluding tert-OH is 2. The second kappa shape index (κ2) is 29.2. The zero-order valence-corrected chi connectivity index (χ0v) is 51.7. The van der Waals surface area contributed by atoms with Gasteiger partial charge in [0.1, 0.15) is 42.9 Å². The summed E-state index contributed by atoms with van der Waals surface area (Å²) in [6.45, 7) is 11.7. The van der Waals surface area contributed by atoms with Crippen molar-refractivity contribution < 1.29 is 55.4 Å². The molecule has 8 nitrogen and oxygen atoms in total. The van der Waals surface area contributed by atoms with Crippen LogP contribution in [-0.2, 0) is 9.59 Å². The van der Waals surface area contributed by atoms with Crippen LogP contribution < -0.4 is 13.4 Å². The summed E-state index contributed by atoms with van der Waals surface area (Å²) in [4.78, 5) is 29.8. The predicted octanol–water partition coefficient (Wildman–Crippen LogP) is 15.3. The van der Waals surface area contributed by atoms with Crippen molar-refractivity contribution in [2.24, 2.45) is 11.8 Å². The van der Waals surface area contributed by atoms with Crippen LogP contribution in [0, 0.1) is 40.9 Å². The van der Waals surface area contributed by atoms with Crippen LogP contribution in [0.3, 0.4) is 0 Å². The molecule has 2 N–H and O–H groups in total. The van der Waals surface area contributed by atoms with Crippen LogP contribution in [0.5, 0.6) is 0 Å². The summed E-state index contributed by atoms with van der Waals surface area (Å²) in [5.74, 6) is -2.67. The molecule has 5 aliphatic rings. The largest absolute Gasteiger partial charge is 0.388 e. The Labute approximate surface area is 495 Å². The van der Waals surface area contributed by atoms with Crippen molar-refractivity contribution in [3.63, 3.8) is 0 Å².